The van der Waals surface area contributed by atoms with Crippen molar-refractivity contribution < 1.29 is 23.8 Å². The van der Waals surface area contributed by atoms with E-state index in [1.54, 1.807) is 6.92 Å². The fourth-order valence-electron chi connectivity index (χ4n) is 9.97. The molecule has 13 nitrogen and oxygen atoms in total. The third-order valence-corrected chi connectivity index (χ3v) is 13.3. The van der Waals surface area contributed by atoms with E-state index in [4.69, 9.17) is 9.15 Å². The van der Waals surface area contributed by atoms with Crippen LogP contribution in [0.4, 0.5) is 0 Å². The van der Waals surface area contributed by atoms with Crippen molar-refractivity contribution in [2.75, 3.05) is 45.8 Å². The summed E-state index contributed by atoms with van der Waals surface area (Å²) in [5, 5.41) is 22.4. The molecule has 316 valence electrons. The summed E-state index contributed by atoms with van der Waals surface area (Å²) in [6, 6.07) is 6.60. The second kappa shape index (κ2) is 20.8. The number of amides is 2. The number of likely N-dealkylation sites (tertiary alicyclic amines) is 2. The quantitative estimate of drug-likeness (QED) is 0.239. The Labute approximate surface area is 340 Å². The van der Waals surface area contributed by atoms with E-state index in [1.807, 2.05) is 17.9 Å². The largest absolute Gasteiger partial charge is 0.486 e. The molecule has 4 atom stereocenters. The lowest BCUT2D eigenvalue weighted by atomic mass is 9.93. The number of benzene rings is 1. The highest BCUT2D eigenvalue weighted by Gasteiger charge is 2.44. The fourth-order valence-corrected chi connectivity index (χ4v) is 9.97. The minimum absolute atomic E-state index is 0.0203. The van der Waals surface area contributed by atoms with E-state index < -0.39 is 6.10 Å². The number of nitrogens with zero attached hydrogens (tertiary/aromatic N) is 5. The Morgan fingerprint density at radius 3 is 2.37 bits per heavy atom. The van der Waals surface area contributed by atoms with E-state index in [9.17, 15) is 14.7 Å². The van der Waals surface area contributed by atoms with Gasteiger partial charge in [-0.3, -0.25) is 34.9 Å². The van der Waals surface area contributed by atoms with Gasteiger partial charge in [0, 0.05) is 77.8 Å². The molecular formula is C44H70N8O5. The zero-order chi connectivity index (χ0) is 39.6. The van der Waals surface area contributed by atoms with E-state index in [2.05, 4.69) is 47.8 Å². The summed E-state index contributed by atoms with van der Waals surface area (Å²) in [6.45, 7) is 9.86. The number of aliphatic hydroxyl groups excluding tert-OH is 1. The van der Waals surface area contributed by atoms with Crippen molar-refractivity contribution in [1.29, 1.82) is 0 Å². The Hall–Kier alpha value is -3.07. The van der Waals surface area contributed by atoms with Gasteiger partial charge in [0.2, 0.25) is 11.8 Å². The molecule has 13 heteroatoms. The number of aromatic nitrogens is 1. The summed E-state index contributed by atoms with van der Waals surface area (Å²) in [6.07, 6.45) is 19.3. The van der Waals surface area contributed by atoms with E-state index in [-0.39, 0.29) is 36.9 Å². The fraction of sp³-hybridized carbons (Fsp3) is 0.750. The first kappa shape index (κ1) is 42.1. The predicted octanol–water partition coefficient (Wildman–Crippen LogP) is 4.65. The van der Waals surface area contributed by atoms with Crippen molar-refractivity contribution in [3.8, 4) is 5.75 Å². The van der Waals surface area contributed by atoms with Crippen LogP contribution in [0.5, 0.6) is 5.75 Å². The SMILES string of the molecule is CC(=O)N1CCC(NC2CC(C(=O)NC[C@H](O)CN3CCc4cc(OCc5ocnc5C)ccc4C3)NC(N3CCCCC3)N2C2CCCCCCCCC2)CC1. The molecule has 7 rings (SSSR count). The number of aliphatic hydroxyl groups is 1. The van der Waals surface area contributed by atoms with Crippen molar-refractivity contribution in [3.63, 3.8) is 0 Å². The molecule has 1 aliphatic carbocycles. The number of carbonyl (C=O) groups excluding carboxylic acids is 2. The molecule has 1 aromatic carbocycles. The first-order valence-electron chi connectivity index (χ1n) is 22.4. The van der Waals surface area contributed by atoms with Gasteiger partial charge in [0.25, 0.3) is 0 Å². The van der Waals surface area contributed by atoms with Crippen LogP contribution in [0.15, 0.2) is 29.0 Å². The van der Waals surface area contributed by atoms with Gasteiger partial charge in [0.15, 0.2) is 12.2 Å². The average molecular weight is 791 g/mol. The number of β-amino-alcohol motifs (C(OH)–C–C–N with tert-alkyl or cyclic N) is 1. The van der Waals surface area contributed by atoms with Crippen LogP contribution in [0.25, 0.3) is 0 Å². The molecule has 0 spiro atoms. The van der Waals surface area contributed by atoms with E-state index in [0.29, 0.717) is 31.7 Å². The zero-order valence-electron chi connectivity index (χ0n) is 34.8. The molecular weight excluding hydrogens is 721 g/mol. The van der Waals surface area contributed by atoms with Gasteiger partial charge in [-0.2, -0.15) is 0 Å². The normalized spacial score (nSPS) is 26.1. The molecule has 2 aromatic rings. The second-order valence-corrected chi connectivity index (χ2v) is 17.5. The summed E-state index contributed by atoms with van der Waals surface area (Å²) in [7, 11) is 0. The summed E-state index contributed by atoms with van der Waals surface area (Å²) < 4.78 is 11.4. The van der Waals surface area contributed by atoms with E-state index >= 15 is 0 Å². The minimum atomic E-state index is -0.676. The van der Waals surface area contributed by atoms with Gasteiger partial charge in [-0.05, 0) is 75.1 Å². The Bertz CT molecular complexity index is 1570. The van der Waals surface area contributed by atoms with Crippen LogP contribution in [0.3, 0.4) is 0 Å². The molecule has 5 aliphatic rings. The summed E-state index contributed by atoms with van der Waals surface area (Å²) in [5.74, 6) is 1.67. The van der Waals surface area contributed by atoms with Crippen molar-refractivity contribution in [1.82, 2.24) is 40.5 Å². The molecule has 4 fully saturated rings. The number of hydrogen-bond acceptors (Lipinski definition) is 11. The lowest BCUT2D eigenvalue weighted by Gasteiger charge is -2.54. The second-order valence-electron chi connectivity index (χ2n) is 17.5. The van der Waals surface area contributed by atoms with Crippen LogP contribution in [-0.4, -0.2) is 124 Å². The first-order chi connectivity index (χ1) is 27.8. The topological polar surface area (TPSA) is 139 Å². The van der Waals surface area contributed by atoms with Crippen LogP contribution >= 0.6 is 0 Å². The van der Waals surface area contributed by atoms with Gasteiger partial charge in [0.05, 0.1) is 24.0 Å². The maximum Gasteiger partial charge on any atom is 0.237 e. The molecule has 2 amide bonds. The molecule has 5 heterocycles. The molecule has 0 radical (unpaired) electrons. The Balaban J connectivity index is 0.981. The van der Waals surface area contributed by atoms with Crippen molar-refractivity contribution in [3.05, 3.63) is 47.2 Å². The molecule has 3 saturated heterocycles. The summed E-state index contributed by atoms with van der Waals surface area (Å²) in [4.78, 5) is 40.1. The molecule has 4 N–H and O–H groups in total. The molecule has 1 aromatic heterocycles. The number of fused-ring (bicyclic) bond motifs is 1. The van der Waals surface area contributed by atoms with Crippen LogP contribution in [-0.2, 0) is 29.2 Å². The van der Waals surface area contributed by atoms with Crippen LogP contribution in [0, 0.1) is 6.92 Å². The third kappa shape index (κ3) is 11.6. The molecule has 3 unspecified atom stereocenters. The van der Waals surface area contributed by atoms with Crippen molar-refractivity contribution in [2.24, 2.45) is 0 Å². The van der Waals surface area contributed by atoms with Gasteiger partial charge >= 0.3 is 0 Å². The number of nitrogens with one attached hydrogen (secondary N) is 3. The molecule has 57 heavy (non-hydrogen) atoms. The van der Waals surface area contributed by atoms with Crippen molar-refractivity contribution >= 4 is 11.8 Å². The number of aryl methyl sites for hydroxylation is 1. The van der Waals surface area contributed by atoms with E-state index in [0.717, 1.165) is 75.7 Å². The highest BCUT2D eigenvalue weighted by atomic mass is 16.5. The van der Waals surface area contributed by atoms with Gasteiger partial charge < -0.3 is 24.5 Å². The minimum Gasteiger partial charge on any atom is -0.486 e. The van der Waals surface area contributed by atoms with Crippen molar-refractivity contribution in [2.45, 2.75) is 166 Å². The zero-order valence-corrected chi connectivity index (χ0v) is 34.8. The standard InChI is InChI=1S/C44H70N8O5/c1-32-41(57-31-46-32)30-56-39-16-15-35-28-49(22-17-34(35)25-39)29-38(54)27-45-43(55)40-26-42(47-36-18-23-50(24-19-36)33(2)53)52(44(48-40)51-20-11-8-12-21-51)37-13-9-6-4-3-5-7-10-14-37/h15-16,25,31,36-38,40,42,44,47-48,54H,3-14,17-24,26-30H2,1-2H3,(H,45,55)/t38-,40?,42?,44?/m0/s1. The average Bonchev–Trinajstić information content (AvgIpc) is 3.65. The monoisotopic (exact) mass is 791 g/mol. The Kier molecular flexibility index (Phi) is 15.3. The number of rotatable bonds is 12. The molecule has 1 saturated carbocycles. The number of oxazole rings is 1. The maximum atomic E-state index is 14.2. The smallest absolute Gasteiger partial charge is 0.237 e. The van der Waals surface area contributed by atoms with Crippen LogP contribution < -0.4 is 20.7 Å². The maximum absolute atomic E-state index is 14.2. The number of piperidine rings is 2. The third-order valence-electron chi connectivity index (χ3n) is 13.3. The van der Waals surface area contributed by atoms with Gasteiger partial charge in [-0.25, -0.2) is 4.98 Å². The Morgan fingerprint density at radius 1 is 0.947 bits per heavy atom. The lowest BCUT2D eigenvalue weighted by Crippen LogP contribution is -2.74. The number of hydrogen-bond donors (Lipinski definition) is 4. The number of carbonyl (C=O) groups is 2. The highest BCUT2D eigenvalue weighted by molar-refractivity contribution is 5.82. The van der Waals surface area contributed by atoms with E-state index in [1.165, 1.54) is 94.6 Å². The summed E-state index contributed by atoms with van der Waals surface area (Å²) >= 11 is 0. The molecule has 4 aliphatic heterocycles. The predicted molar refractivity (Wildman–Crippen MR) is 220 cm³/mol. The van der Waals surface area contributed by atoms with Crippen LogP contribution in [0.2, 0.25) is 0 Å². The number of ether oxygens (including phenoxy) is 1. The highest BCUT2D eigenvalue weighted by Crippen LogP contribution is 2.31. The van der Waals surface area contributed by atoms with Gasteiger partial charge in [-0.15, -0.1) is 0 Å². The van der Waals surface area contributed by atoms with Crippen LogP contribution in [0.1, 0.15) is 126 Å². The lowest BCUT2D eigenvalue weighted by molar-refractivity contribution is -0.136. The molecule has 0 bridgehead atoms. The van der Waals surface area contributed by atoms with Gasteiger partial charge in [-0.1, -0.05) is 57.4 Å². The summed E-state index contributed by atoms with van der Waals surface area (Å²) in [5.41, 5.74) is 3.34. The van der Waals surface area contributed by atoms with Gasteiger partial charge in [0.1, 0.15) is 18.6 Å². The Morgan fingerprint density at radius 2 is 1.67 bits per heavy atom. The first-order valence-corrected chi connectivity index (χ1v) is 22.4.